The van der Waals surface area contributed by atoms with Crippen molar-refractivity contribution in [3.05, 3.63) is 35.2 Å². The zero-order chi connectivity index (χ0) is 18.6. The molecule has 1 aromatic heterocycles. The molecule has 134 valence electrons. The standard InChI is InChI=1S/C16H14F3NO4S/c1-3-24-10-6-4-9(5-7-10)11-8-25-13(12(11)14(21)23-2)20-15(22)16(17,18)19/h4-8H,3H2,1-2H3,(H,20,22). The number of carbonyl (C=O) groups excluding carboxylic acids is 2. The Morgan fingerprint density at radius 1 is 1.20 bits per heavy atom. The average molecular weight is 373 g/mol. The van der Waals surface area contributed by atoms with Gasteiger partial charge < -0.3 is 14.8 Å². The zero-order valence-electron chi connectivity index (χ0n) is 13.3. The molecule has 0 fully saturated rings. The van der Waals surface area contributed by atoms with Crippen LogP contribution in [0.15, 0.2) is 29.6 Å². The van der Waals surface area contributed by atoms with Gasteiger partial charge in [-0.15, -0.1) is 11.3 Å². The van der Waals surface area contributed by atoms with E-state index in [1.165, 1.54) is 5.38 Å². The molecule has 0 radical (unpaired) electrons. The molecule has 0 bridgehead atoms. The van der Waals surface area contributed by atoms with Crippen molar-refractivity contribution >= 4 is 28.2 Å². The highest BCUT2D eigenvalue weighted by Gasteiger charge is 2.39. The number of amides is 1. The molecule has 0 aliphatic carbocycles. The topological polar surface area (TPSA) is 64.6 Å². The minimum atomic E-state index is -5.06. The summed E-state index contributed by atoms with van der Waals surface area (Å²) < 4.78 is 47.3. The monoisotopic (exact) mass is 373 g/mol. The van der Waals surface area contributed by atoms with Crippen LogP contribution in [0.2, 0.25) is 0 Å². The van der Waals surface area contributed by atoms with Crippen molar-refractivity contribution in [2.45, 2.75) is 13.1 Å². The number of nitrogens with one attached hydrogen (secondary N) is 1. The SMILES string of the molecule is CCOc1ccc(-c2csc(NC(=O)C(F)(F)F)c2C(=O)OC)cc1. The third-order valence-electron chi connectivity index (χ3n) is 3.14. The van der Waals surface area contributed by atoms with E-state index in [4.69, 9.17) is 4.74 Å². The van der Waals surface area contributed by atoms with Gasteiger partial charge in [0.25, 0.3) is 0 Å². The number of thiophene rings is 1. The first kappa shape index (κ1) is 18.8. The van der Waals surface area contributed by atoms with Gasteiger partial charge in [-0.05, 0) is 24.6 Å². The normalized spacial score (nSPS) is 11.1. The Hall–Kier alpha value is -2.55. The van der Waals surface area contributed by atoms with E-state index in [1.807, 2.05) is 6.92 Å². The van der Waals surface area contributed by atoms with Gasteiger partial charge in [-0.1, -0.05) is 12.1 Å². The quantitative estimate of drug-likeness (QED) is 0.802. The fourth-order valence-electron chi connectivity index (χ4n) is 2.04. The third kappa shape index (κ3) is 4.30. The molecule has 0 unspecified atom stereocenters. The van der Waals surface area contributed by atoms with Gasteiger partial charge in [-0.3, -0.25) is 4.79 Å². The molecule has 1 amide bonds. The maximum absolute atomic E-state index is 12.5. The molecule has 0 saturated carbocycles. The first-order chi connectivity index (χ1) is 11.8. The van der Waals surface area contributed by atoms with Gasteiger partial charge in [0.15, 0.2) is 0 Å². The summed E-state index contributed by atoms with van der Waals surface area (Å²) in [5.74, 6) is -2.38. The highest BCUT2D eigenvalue weighted by atomic mass is 32.1. The molecule has 25 heavy (non-hydrogen) atoms. The van der Waals surface area contributed by atoms with E-state index in [9.17, 15) is 22.8 Å². The maximum atomic E-state index is 12.5. The molecular weight excluding hydrogens is 359 g/mol. The molecule has 2 rings (SSSR count). The van der Waals surface area contributed by atoms with E-state index in [0.29, 0.717) is 23.5 Å². The number of rotatable bonds is 5. The summed E-state index contributed by atoms with van der Waals surface area (Å²) in [5, 5.41) is 2.97. The number of hydrogen-bond donors (Lipinski definition) is 1. The summed E-state index contributed by atoms with van der Waals surface area (Å²) in [6.45, 7) is 2.32. The highest BCUT2D eigenvalue weighted by Crippen LogP contribution is 2.37. The van der Waals surface area contributed by atoms with Crippen LogP contribution >= 0.6 is 11.3 Å². The predicted octanol–water partition coefficient (Wildman–Crippen LogP) is 4.10. The molecule has 0 aliphatic heterocycles. The zero-order valence-corrected chi connectivity index (χ0v) is 14.1. The number of hydrogen-bond acceptors (Lipinski definition) is 5. The van der Waals surface area contributed by atoms with Gasteiger partial charge in [0.1, 0.15) is 16.3 Å². The number of benzene rings is 1. The first-order valence-corrected chi connectivity index (χ1v) is 7.97. The summed E-state index contributed by atoms with van der Waals surface area (Å²) in [4.78, 5) is 23.2. The van der Waals surface area contributed by atoms with Crippen LogP contribution in [0.4, 0.5) is 18.2 Å². The number of methoxy groups -OCH3 is 1. The summed E-state index contributed by atoms with van der Waals surface area (Å²) in [7, 11) is 1.11. The van der Waals surface area contributed by atoms with Crippen LogP contribution in [0.25, 0.3) is 11.1 Å². The molecule has 0 aliphatic rings. The lowest BCUT2D eigenvalue weighted by Gasteiger charge is -2.09. The average Bonchev–Trinajstić information content (AvgIpc) is 2.98. The number of esters is 1. The summed E-state index contributed by atoms with van der Waals surface area (Å²) >= 11 is 0.810. The molecular formula is C16H14F3NO4S. The summed E-state index contributed by atoms with van der Waals surface area (Å²) in [5.41, 5.74) is 0.805. The lowest BCUT2D eigenvalue weighted by molar-refractivity contribution is -0.167. The molecule has 1 aromatic carbocycles. The highest BCUT2D eigenvalue weighted by molar-refractivity contribution is 7.15. The minimum Gasteiger partial charge on any atom is -0.494 e. The molecule has 2 aromatic rings. The van der Waals surface area contributed by atoms with E-state index in [1.54, 1.807) is 29.6 Å². The second-order valence-electron chi connectivity index (χ2n) is 4.75. The molecule has 0 saturated heterocycles. The smallest absolute Gasteiger partial charge is 0.471 e. The summed E-state index contributed by atoms with van der Waals surface area (Å²) in [6, 6.07) is 6.67. The van der Waals surface area contributed by atoms with E-state index in [0.717, 1.165) is 18.4 Å². The van der Waals surface area contributed by atoms with Crippen molar-refractivity contribution in [1.82, 2.24) is 0 Å². The second kappa shape index (κ2) is 7.56. The fraction of sp³-hybridized carbons (Fsp3) is 0.250. The Balaban J connectivity index is 2.42. The number of halogens is 3. The van der Waals surface area contributed by atoms with Gasteiger partial charge in [-0.2, -0.15) is 13.2 Å². The van der Waals surface area contributed by atoms with E-state index in [-0.39, 0.29) is 10.6 Å². The van der Waals surface area contributed by atoms with Gasteiger partial charge in [0, 0.05) is 10.9 Å². The van der Waals surface area contributed by atoms with Crippen molar-refractivity contribution < 1.29 is 32.2 Å². The predicted molar refractivity (Wildman–Crippen MR) is 86.9 cm³/mol. The minimum absolute atomic E-state index is 0.130. The number of alkyl halides is 3. The third-order valence-corrected chi connectivity index (χ3v) is 4.04. The maximum Gasteiger partial charge on any atom is 0.471 e. The molecule has 1 N–H and O–H groups in total. The van der Waals surface area contributed by atoms with Crippen LogP contribution in [-0.2, 0) is 9.53 Å². The van der Waals surface area contributed by atoms with Gasteiger partial charge >= 0.3 is 18.1 Å². The first-order valence-electron chi connectivity index (χ1n) is 7.09. The number of carbonyl (C=O) groups is 2. The van der Waals surface area contributed by atoms with Gasteiger partial charge in [0.2, 0.25) is 0 Å². The van der Waals surface area contributed by atoms with Crippen molar-refractivity contribution in [3.8, 4) is 16.9 Å². The van der Waals surface area contributed by atoms with Crippen LogP contribution in [0.1, 0.15) is 17.3 Å². The Bertz CT molecular complexity index is 769. The van der Waals surface area contributed by atoms with Crippen LogP contribution in [0, 0.1) is 0 Å². The van der Waals surface area contributed by atoms with Crippen molar-refractivity contribution in [2.24, 2.45) is 0 Å². The largest absolute Gasteiger partial charge is 0.494 e. The Morgan fingerprint density at radius 3 is 2.36 bits per heavy atom. The van der Waals surface area contributed by atoms with Crippen LogP contribution in [-0.4, -0.2) is 31.8 Å². The van der Waals surface area contributed by atoms with Gasteiger partial charge in [-0.25, -0.2) is 4.79 Å². The Labute approximate surface area is 145 Å². The number of ether oxygens (including phenoxy) is 2. The lowest BCUT2D eigenvalue weighted by Crippen LogP contribution is -2.30. The molecule has 0 spiro atoms. The second-order valence-corrected chi connectivity index (χ2v) is 5.63. The van der Waals surface area contributed by atoms with Crippen molar-refractivity contribution in [1.29, 1.82) is 0 Å². The Morgan fingerprint density at radius 2 is 1.84 bits per heavy atom. The number of anilines is 1. The summed E-state index contributed by atoms with van der Waals surface area (Å²) in [6.07, 6.45) is -5.06. The Kier molecular flexibility index (Phi) is 5.68. The van der Waals surface area contributed by atoms with Gasteiger partial charge in [0.05, 0.1) is 13.7 Å². The van der Waals surface area contributed by atoms with Crippen LogP contribution in [0.5, 0.6) is 5.75 Å². The molecule has 5 nitrogen and oxygen atoms in total. The molecule has 1 heterocycles. The van der Waals surface area contributed by atoms with E-state index < -0.39 is 18.1 Å². The fourth-order valence-corrected chi connectivity index (χ4v) is 2.99. The van der Waals surface area contributed by atoms with Crippen molar-refractivity contribution in [3.63, 3.8) is 0 Å². The van der Waals surface area contributed by atoms with E-state index in [2.05, 4.69) is 4.74 Å². The van der Waals surface area contributed by atoms with Crippen molar-refractivity contribution in [2.75, 3.05) is 19.0 Å². The molecule has 9 heteroatoms. The van der Waals surface area contributed by atoms with E-state index >= 15 is 0 Å². The van der Waals surface area contributed by atoms with Crippen LogP contribution < -0.4 is 10.1 Å². The molecule has 0 atom stereocenters. The van der Waals surface area contributed by atoms with Crippen LogP contribution in [0.3, 0.4) is 0 Å². The lowest BCUT2D eigenvalue weighted by atomic mass is 10.0.